The minimum Gasteiger partial charge on any atom is -0.225 e. The van der Waals surface area contributed by atoms with E-state index in [9.17, 15) is 0 Å². The summed E-state index contributed by atoms with van der Waals surface area (Å²) in [5.74, 6) is 1.66. The predicted octanol–water partition coefficient (Wildman–Crippen LogP) is 3.03. The molecule has 0 saturated heterocycles. The van der Waals surface area contributed by atoms with Crippen LogP contribution in [-0.2, 0) is 19.3 Å². The van der Waals surface area contributed by atoms with Crippen molar-refractivity contribution in [3.05, 3.63) is 22.6 Å². The van der Waals surface area contributed by atoms with Gasteiger partial charge in [0.2, 0.25) is 0 Å². The topological polar surface area (TPSA) is 43.1 Å². The Hall–Kier alpha value is -1.49. The zero-order valence-corrected chi connectivity index (χ0v) is 12.0. The van der Waals surface area contributed by atoms with Crippen molar-refractivity contribution in [2.75, 3.05) is 0 Å². The lowest BCUT2D eigenvalue weighted by Crippen LogP contribution is -2.09. The number of rotatable bonds is 1. The molecule has 0 amide bonds. The molecule has 19 heavy (non-hydrogen) atoms. The van der Waals surface area contributed by atoms with Gasteiger partial charge in [0.05, 0.1) is 5.39 Å². The maximum absolute atomic E-state index is 4.68. The molecule has 1 unspecified atom stereocenters. The molecule has 0 fully saturated rings. The maximum atomic E-state index is 4.68. The van der Waals surface area contributed by atoms with E-state index in [0.29, 0.717) is 0 Å². The van der Waals surface area contributed by atoms with Crippen molar-refractivity contribution in [2.24, 2.45) is 5.92 Å². The molecular weight excluding hydrogens is 256 g/mol. The van der Waals surface area contributed by atoms with Crippen molar-refractivity contribution in [3.63, 3.8) is 0 Å². The molecule has 1 aliphatic rings. The number of hydrogen-bond acceptors (Lipinski definition) is 4. The summed E-state index contributed by atoms with van der Waals surface area (Å²) in [4.78, 5) is 11.9. The van der Waals surface area contributed by atoms with Crippen LogP contribution in [0.4, 0.5) is 0 Å². The predicted molar refractivity (Wildman–Crippen MR) is 76.7 cm³/mol. The van der Waals surface area contributed by atoms with Crippen LogP contribution in [0.1, 0.15) is 36.5 Å². The molecule has 3 aromatic heterocycles. The van der Waals surface area contributed by atoms with Crippen LogP contribution in [0.15, 0.2) is 6.33 Å². The molecule has 0 bridgehead atoms. The third kappa shape index (κ3) is 1.61. The molecule has 4 rings (SSSR count). The van der Waals surface area contributed by atoms with Gasteiger partial charge in [-0.3, -0.25) is 0 Å². The fraction of sp³-hybridized carbons (Fsp3) is 0.500. The van der Waals surface area contributed by atoms with Crippen molar-refractivity contribution in [1.29, 1.82) is 0 Å². The first-order chi connectivity index (χ1) is 9.26. The Bertz CT molecular complexity index is 771. The fourth-order valence-electron chi connectivity index (χ4n) is 2.94. The Kier molecular flexibility index (Phi) is 2.39. The summed E-state index contributed by atoms with van der Waals surface area (Å²) in [6.45, 7) is 4.42. The summed E-state index contributed by atoms with van der Waals surface area (Å²) >= 11 is 1.84. The van der Waals surface area contributed by atoms with Gasteiger partial charge in [-0.05, 0) is 30.7 Å². The molecule has 98 valence electrons. The van der Waals surface area contributed by atoms with E-state index < -0.39 is 0 Å². The smallest absolute Gasteiger partial charge is 0.167 e. The first kappa shape index (κ1) is 11.3. The highest BCUT2D eigenvalue weighted by molar-refractivity contribution is 7.19. The SMILES string of the molecule is CCc1nc2c3c4c(sc3ncn2n1)CCC(C)C4. The molecule has 3 heterocycles. The molecule has 0 aliphatic heterocycles. The van der Waals surface area contributed by atoms with Crippen molar-refractivity contribution in [2.45, 2.75) is 39.5 Å². The summed E-state index contributed by atoms with van der Waals surface area (Å²) in [6.07, 6.45) is 6.31. The quantitative estimate of drug-likeness (QED) is 0.684. The third-order valence-electron chi connectivity index (χ3n) is 3.99. The fourth-order valence-corrected chi connectivity index (χ4v) is 4.12. The molecule has 0 N–H and O–H groups in total. The van der Waals surface area contributed by atoms with Gasteiger partial charge < -0.3 is 0 Å². The van der Waals surface area contributed by atoms with Gasteiger partial charge >= 0.3 is 0 Å². The summed E-state index contributed by atoms with van der Waals surface area (Å²) in [7, 11) is 0. The third-order valence-corrected chi connectivity index (χ3v) is 5.19. The molecule has 0 spiro atoms. The van der Waals surface area contributed by atoms with Gasteiger partial charge in [0.15, 0.2) is 11.5 Å². The van der Waals surface area contributed by atoms with E-state index in [1.165, 1.54) is 28.7 Å². The van der Waals surface area contributed by atoms with E-state index in [1.807, 2.05) is 15.9 Å². The van der Waals surface area contributed by atoms with Gasteiger partial charge in [-0.2, -0.15) is 0 Å². The molecule has 0 aromatic carbocycles. The Morgan fingerprint density at radius 3 is 3.21 bits per heavy atom. The van der Waals surface area contributed by atoms with Crippen LogP contribution < -0.4 is 0 Å². The second kappa shape index (κ2) is 4.00. The molecular formula is C14H16N4S. The first-order valence-electron chi connectivity index (χ1n) is 6.90. The number of fused-ring (bicyclic) bond motifs is 5. The zero-order valence-electron chi connectivity index (χ0n) is 11.2. The van der Waals surface area contributed by atoms with Crippen LogP contribution in [0.5, 0.6) is 0 Å². The van der Waals surface area contributed by atoms with Crippen molar-refractivity contribution >= 4 is 27.2 Å². The zero-order chi connectivity index (χ0) is 13.0. The second-order valence-corrected chi connectivity index (χ2v) is 6.51. The van der Waals surface area contributed by atoms with E-state index in [2.05, 4.69) is 28.9 Å². The maximum Gasteiger partial charge on any atom is 0.167 e. The highest BCUT2D eigenvalue weighted by Crippen LogP contribution is 2.38. The Morgan fingerprint density at radius 2 is 2.37 bits per heavy atom. The van der Waals surface area contributed by atoms with Gasteiger partial charge in [-0.1, -0.05) is 13.8 Å². The number of thiophene rings is 1. The standard InChI is InChI=1S/C14H16N4S/c1-3-11-16-13-12-9-6-8(2)4-5-10(9)19-14(12)15-7-18(13)17-11/h7-8H,3-6H2,1-2H3. The van der Waals surface area contributed by atoms with Crippen LogP contribution in [0, 0.1) is 5.92 Å². The van der Waals surface area contributed by atoms with Crippen LogP contribution in [0.3, 0.4) is 0 Å². The number of aromatic nitrogens is 4. The van der Waals surface area contributed by atoms with E-state index in [4.69, 9.17) is 0 Å². The van der Waals surface area contributed by atoms with Crippen LogP contribution in [0.2, 0.25) is 0 Å². The largest absolute Gasteiger partial charge is 0.225 e. The highest BCUT2D eigenvalue weighted by Gasteiger charge is 2.23. The van der Waals surface area contributed by atoms with E-state index >= 15 is 0 Å². The molecule has 4 nitrogen and oxygen atoms in total. The Balaban J connectivity index is 2.08. The molecule has 0 saturated carbocycles. The molecule has 0 radical (unpaired) electrons. The van der Waals surface area contributed by atoms with Gasteiger partial charge in [-0.15, -0.1) is 16.4 Å². The lowest BCUT2D eigenvalue weighted by atomic mass is 9.89. The second-order valence-electron chi connectivity index (χ2n) is 5.43. The van der Waals surface area contributed by atoms with Gasteiger partial charge in [0.25, 0.3) is 0 Å². The van der Waals surface area contributed by atoms with E-state index in [1.54, 1.807) is 6.33 Å². The lowest BCUT2D eigenvalue weighted by Gasteiger charge is -2.17. The van der Waals surface area contributed by atoms with Gasteiger partial charge in [0, 0.05) is 11.3 Å². The average Bonchev–Trinajstić information content (AvgIpc) is 2.97. The van der Waals surface area contributed by atoms with E-state index in [-0.39, 0.29) is 0 Å². The Morgan fingerprint density at radius 1 is 1.47 bits per heavy atom. The minimum atomic E-state index is 0.763. The van der Waals surface area contributed by atoms with Crippen molar-refractivity contribution < 1.29 is 0 Å². The Labute approximate surface area is 115 Å². The lowest BCUT2D eigenvalue weighted by molar-refractivity contribution is 0.508. The van der Waals surface area contributed by atoms with Crippen LogP contribution in [-0.4, -0.2) is 19.6 Å². The number of nitrogens with zero attached hydrogens (tertiary/aromatic N) is 4. The summed E-state index contributed by atoms with van der Waals surface area (Å²) in [5, 5.41) is 5.73. The molecule has 1 atom stereocenters. The van der Waals surface area contributed by atoms with Gasteiger partial charge in [0.1, 0.15) is 11.2 Å². The minimum absolute atomic E-state index is 0.763. The molecule has 5 heteroatoms. The van der Waals surface area contributed by atoms with Crippen molar-refractivity contribution in [3.8, 4) is 0 Å². The van der Waals surface area contributed by atoms with Crippen molar-refractivity contribution in [1.82, 2.24) is 19.6 Å². The summed E-state index contributed by atoms with van der Waals surface area (Å²) < 4.78 is 1.84. The van der Waals surface area contributed by atoms with Crippen LogP contribution >= 0.6 is 11.3 Å². The normalized spacial score (nSPS) is 19.2. The molecule has 1 aliphatic carbocycles. The summed E-state index contributed by atoms with van der Waals surface area (Å²) in [6, 6.07) is 0. The number of aryl methyl sites for hydroxylation is 2. The average molecular weight is 272 g/mol. The summed E-state index contributed by atoms with van der Waals surface area (Å²) in [5.41, 5.74) is 2.47. The monoisotopic (exact) mass is 272 g/mol. The number of hydrogen-bond donors (Lipinski definition) is 0. The molecule has 3 aromatic rings. The van der Waals surface area contributed by atoms with Crippen LogP contribution in [0.25, 0.3) is 15.9 Å². The first-order valence-corrected chi connectivity index (χ1v) is 7.72. The highest BCUT2D eigenvalue weighted by atomic mass is 32.1. The van der Waals surface area contributed by atoms with E-state index in [0.717, 1.165) is 35.1 Å². The van der Waals surface area contributed by atoms with Gasteiger partial charge in [-0.25, -0.2) is 14.5 Å².